The van der Waals surface area contributed by atoms with Gasteiger partial charge < -0.3 is 24.6 Å². The van der Waals surface area contributed by atoms with Crippen molar-refractivity contribution in [2.45, 2.75) is 25.9 Å². The maximum Gasteiger partial charge on any atom is 0.312 e. The highest BCUT2D eigenvalue weighted by Crippen LogP contribution is 2.32. The molecular formula is C23H24FN3O5. The molecule has 168 valence electrons. The van der Waals surface area contributed by atoms with E-state index in [0.29, 0.717) is 44.1 Å². The van der Waals surface area contributed by atoms with Crippen molar-refractivity contribution in [1.82, 2.24) is 15.1 Å². The van der Waals surface area contributed by atoms with Crippen LogP contribution in [0.1, 0.15) is 24.0 Å². The van der Waals surface area contributed by atoms with Crippen LogP contribution in [0.2, 0.25) is 0 Å². The molecule has 0 aromatic heterocycles. The summed E-state index contributed by atoms with van der Waals surface area (Å²) >= 11 is 0. The second-order valence-electron chi connectivity index (χ2n) is 7.71. The fraction of sp³-hybridized carbons (Fsp3) is 0.348. The van der Waals surface area contributed by atoms with Crippen molar-refractivity contribution >= 4 is 17.7 Å². The van der Waals surface area contributed by atoms with Gasteiger partial charge in [0.2, 0.25) is 12.7 Å². The zero-order valence-corrected chi connectivity index (χ0v) is 17.5. The number of amides is 3. The summed E-state index contributed by atoms with van der Waals surface area (Å²) in [6.45, 7) is 1.98. The molecule has 0 unspecified atom stereocenters. The van der Waals surface area contributed by atoms with Crippen LogP contribution in [-0.2, 0) is 27.5 Å². The Morgan fingerprint density at radius 1 is 0.938 bits per heavy atom. The Bertz CT molecular complexity index is 1010. The highest BCUT2D eigenvalue weighted by Gasteiger charge is 2.32. The Morgan fingerprint density at radius 3 is 2.44 bits per heavy atom. The lowest BCUT2D eigenvalue weighted by molar-refractivity contribution is -0.156. The van der Waals surface area contributed by atoms with Crippen LogP contribution < -0.4 is 14.8 Å². The molecule has 0 atom stereocenters. The highest BCUT2D eigenvalue weighted by atomic mass is 19.1. The average Bonchev–Trinajstić information content (AvgIpc) is 3.26. The normalized spacial score (nSPS) is 15.3. The van der Waals surface area contributed by atoms with E-state index in [1.54, 1.807) is 12.1 Å². The maximum absolute atomic E-state index is 13.0. The lowest BCUT2D eigenvalue weighted by Gasteiger charge is -2.33. The van der Waals surface area contributed by atoms with Crippen molar-refractivity contribution in [3.63, 3.8) is 0 Å². The Morgan fingerprint density at radius 2 is 1.62 bits per heavy atom. The molecule has 2 aliphatic heterocycles. The van der Waals surface area contributed by atoms with Crippen LogP contribution in [0.25, 0.3) is 0 Å². The molecule has 3 amide bonds. The third-order valence-corrected chi connectivity index (χ3v) is 5.44. The van der Waals surface area contributed by atoms with Gasteiger partial charge in [-0.15, -0.1) is 0 Å². The van der Waals surface area contributed by atoms with E-state index in [2.05, 4.69) is 5.32 Å². The van der Waals surface area contributed by atoms with Crippen LogP contribution in [0.3, 0.4) is 0 Å². The average molecular weight is 441 g/mol. The van der Waals surface area contributed by atoms with Gasteiger partial charge in [-0.25, -0.2) is 4.39 Å². The summed E-state index contributed by atoms with van der Waals surface area (Å²) in [6, 6.07) is 11.4. The monoisotopic (exact) mass is 441 g/mol. The lowest BCUT2D eigenvalue weighted by atomic mass is 10.1. The summed E-state index contributed by atoms with van der Waals surface area (Å²) in [4.78, 5) is 39.9. The first-order valence-electron chi connectivity index (χ1n) is 10.5. The van der Waals surface area contributed by atoms with E-state index < -0.39 is 11.8 Å². The first-order chi connectivity index (χ1) is 15.5. The first-order valence-corrected chi connectivity index (χ1v) is 10.5. The van der Waals surface area contributed by atoms with E-state index in [9.17, 15) is 18.8 Å². The quantitative estimate of drug-likeness (QED) is 0.632. The van der Waals surface area contributed by atoms with E-state index in [0.717, 1.165) is 11.1 Å². The lowest BCUT2D eigenvalue weighted by Crippen LogP contribution is -2.54. The number of carbonyl (C=O) groups is 3. The smallest absolute Gasteiger partial charge is 0.312 e. The van der Waals surface area contributed by atoms with Gasteiger partial charge in [0.25, 0.3) is 0 Å². The fourth-order valence-corrected chi connectivity index (χ4v) is 3.66. The van der Waals surface area contributed by atoms with Crippen LogP contribution >= 0.6 is 0 Å². The van der Waals surface area contributed by atoms with Crippen molar-refractivity contribution in [1.29, 1.82) is 0 Å². The molecule has 2 aliphatic rings. The van der Waals surface area contributed by atoms with Crippen molar-refractivity contribution in [3.8, 4) is 11.5 Å². The number of nitrogens with one attached hydrogen (secondary N) is 1. The molecule has 2 heterocycles. The molecular weight excluding hydrogens is 417 g/mol. The molecule has 1 fully saturated rings. The Balaban J connectivity index is 1.18. The van der Waals surface area contributed by atoms with Crippen LogP contribution in [0, 0.1) is 5.82 Å². The summed E-state index contributed by atoms with van der Waals surface area (Å²) in [6.07, 6.45) is 0.714. The van der Waals surface area contributed by atoms with Gasteiger partial charge in [0.05, 0.1) is 0 Å². The van der Waals surface area contributed by atoms with Crippen LogP contribution in [0.15, 0.2) is 42.5 Å². The standard InChI is InChI=1S/C23H24FN3O5/c24-18-6-3-16(4-7-18)14-27-11-10-26(22(29)23(27)30)9-1-2-21(28)25-13-17-5-8-19-20(12-17)32-15-31-19/h3-8,12H,1-2,9-11,13-15H2,(H,25,28). The third-order valence-electron chi connectivity index (χ3n) is 5.44. The zero-order valence-electron chi connectivity index (χ0n) is 17.5. The number of hydrogen-bond acceptors (Lipinski definition) is 5. The molecule has 1 saturated heterocycles. The zero-order chi connectivity index (χ0) is 22.5. The number of nitrogens with zero attached hydrogens (tertiary/aromatic N) is 2. The van der Waals surface area contributed by atoms with Gasteiger partial charge in [-0.2, -0.15) is 0 Å². The summed E-state index contributed by atoms with van der Waals surface area (Å²) in [5.41, 5.74) is 1.67. The Hall–Kier alpha value is -3.62. The fourth-order valence-electron chi connectivity index (χ4n) is 3.66. The predicted octanol–water partition coefficient (Wildman–Crippen LogP) is 1.82. The number of fused-ring (bicyclic) bond motifs is 1. The molecule has 0 bridgehead atoms. The molecule has 8 nitrogen and oxygen atoms in total. The first kappa shape index (κ1) is 21.6. The topological polar surface area (TPSA) is 88.2 Å². The van der Waals surface area contributed by atoms with Gasteiger partial charge in [0.1, 0.15) is 5.82 Å². The van der Waals surface area contributed by atoms with E-state index in [4.69, 9.17) is 9.47 Å². The molecule has 9 heteroatoms. The van der Waals surface area contributed by atoms with Crippen molar-refractivity contribution in [2.75, 3.05) is 26.4 Å². The predicted molar refractivity (Wildman–Crippen MR) is 112 cm³/mol. The van der Waals surface area contributed by atoms with Gasteiger partial charge in [-0.05, 0) is 41.8 Å². The van der Waals surface area contributed by atoms with Crippen LogP contribution in [-0.4, -0.2) is 53.9 Å². The molecule has 0 aliphatic carbocycles. The minimum atomic E-state index is -0.576. The molecule has 1 N–H and O–H groups in total. The number of rotatable bonds is 8. The largest absolute Gasteiger partial charge is 0.454 e. The summed E-state index contributed by atoms with van der Waals surface area (Å²) in [5, 5.41) is 2.85. The Kier molecular flexibility index (Phi) is 6.53. The maximum atomic E-state index is 13.0. The van der Waals surface area contributed by atoms with Crippen molar-refractivity contribution in [2.24, 2.45) is 0 Å². The van der Waals surface area contributed by atoms with Gasteiger partial charge in [-0.1, -0.05) is 18.2 Å². The number of piperazine rings is 1. The highest BCUT2D eigenvalue weighted by molar-refractivity contribution is 6.35. The molecule has 2 aromatic carbocycles. The molecule has 0 radical (unpaired) electrons. The second-order valence-corrected chi connectivity index (χ2v) is 7.71. The number of benzene rings is 2. The van der Waals surface area contributed by atoms with Crippen LogP contribution in [0.4, 0.5) is 4.39 Å². The SMILES string of the molecule is O=C(CCCN1CCN(Cc2ccc(F)cc2)C(=O)C1=O)NCc1ccc2c(c1)OCO2. The molecule has 2 aromatic rings. The van der Waals surface area contributed by atoms with Gasteiger partial charge in [0, 0.05) is 39.1 Å². The number of halogens is 1. The molecule has 4 rings (SSSR count). The third kappa shape index (κ3) is 5.16. The molecule has 0 saturated carbocycles. The molecule has 32 heavy (non-hydrogen) atoms. The minimum Gasteiger partial charge on any atom is -0.454 e. The van der Waals surface area contributed by atoms with Gasteiger partial charge in [-0.3, -0.25) is 14.4 Å². The van der Waals surface area contributed by atoms with E-state index >= 15 is 0 Å². The van der Waals surface area contributed by atoms with Crippen molar-refractivity contribution in [3.05, 3.63) is 59.4 Å². The van der Waals surface area contributed by atoms with E-state index in [1.165, 1.54) is 21.9 Å². The van der Waals surface area contributed by atoms with E-state index in [-0.39, 0.29) is 31.5 Å². The minimum absolute atomic E-state index is 0.128. The second kappa shape index (κ2) is 9.67. The summed E-state index contributed by atoms with van der Waals surface area (Å²) in [7, 11) is 0. The number of hydrogen-bond donors (Lipinski definition) is 1. The number of ether oxygens (including phenoxy) is 2. The summed E-state index contributed by atoms with van der Waals surface area (Å²) < 4.78 is 23.6. The van der Waals surface area contributed by atoms with Gasteiger partial charge >= 0.3 is 11.8 Å². The molecule has 0 spiro atoms. The van der Waals surface area contributed by atoms with Crippen LogP contribution in [0.5, 0.6) is 11.5 Å². The van der Waals surface area contributed by atoms with Crippen molar-refractivity contribution < 1.29 is 28.2 Å². The van der Waals surface area contributed by atoms with E-state index in [1.807, 2.05) is 18.2 Å². The Labute approximate surface area is 184 Å². The van der Waals surface area contributed by atoms with Gasteiger partial charge in [0.15, 0.2) is 11.5 Å². The number of carbonyl (C=O) groups excluding carboxylic acids is 3. The summed E-state index contributed by atoms with van der Waals surface area (Å²) in [5.74, 6) is -0.264.